The fourth-order valence-corrected chi connectivity index (χ4v) is 6.19. The second-order valence-electron chi connectivity index (χ2n) is 8.51. The van der Waals surface area contributed by atoms with Crippen LogP contribution in [0.3, 0.4) is 0 Å². The Hall–Kier alpha value is -2.33. The van der Waals surface area contributed by atoms with Crippen molar-refractivity contribution < 1.29 is 14.4 Å². The number of aryl methyl sites for hydroxylation is 2. The summed E-state index contributed by atoms with van der Waals surface area (Å²) >= 11 is 3.10. The number of thiazole rings is 2. The number of urea groups is 1. The van der Waals surface area contributed by atoms with Crippen LogP contribution >= 0.6 is 22.7 Å². The highest BCUT2D eigenvalue weighted by Gasteiger charge is 2.54. The summed E-state index contributed by atoms with van der Waals surface area (Å²) in [5, 5.41) is 5.92. The zero-order valence-corrected chi connectivity index (χ0v) is 20.4. The predicted octanol–water partition coefficient (Wildman–Crippen LogP) is 2.94. The number of aromatic nitrogens is 2. The molecule has 2 aromatic heterocycles. The topological polar surface area (TPSA) is 95.5 Å². The highest BCUT2D eigenvalue weighted by molar-refractivity contribution is 7.09. The van der Waals surface area contributed by atoms with Crippen molar-refractivity contribution in [2.45, 2.75) is 58.4 Å². The molecule has 32 heavy (non-hydrogen) atoms. The summed E-state index contributed by atoms with van der Waals surface area (Å²) in [7, 11) is 0. The van der Waals surface area contributed by atoms with Crippen LogP contribution in [0.1, 0.15) is 47.5 Å². The molecule has 8 nitrogen and oxygen atoms in total. The maximum Gasteiger partial charge on any atom is 0.325 e. The lowest BCUT2D eigenvalue weighted by atomic mass is 9.75. The lowest BCUT2D eigenvalue weighted by Crippen LogP contribution is -2.56. The van der Waals surface area contributed by atoms with Crippen LogP contribution in [0.15, 0.2) is 10.9 Å². The van der Waals surface area contributed by atoms with E-state index in [0.29, 0.717) is 51.7 Å². The van der Waals surface area contributed by atoms with E-state index < -0.39 is 5.54 Å². The van der Waals surface area contributed by atoms with E-state index in [-0.39, 0.29) is 23.8 Å². The van der Waals surface area contributed by atoms with Crippen LogP contribution in [-0.2, 0) is 22.4 Å². The van der Waals surface area contributed by atoms with Crippen molar-refractivity contribution in [2.24, 2.45) is 5.92 Å². The Morgan fingerprint density at radius 2 is 2.00 bits per heavy atom. The molecule has 4 amide bonds. The predicted molar refractivity (Wildman–Crippen MR) is 124 cm³/mol. The van der Waals surface area contributed by atoms with E-state index in [1.165, 1.54) is 4.90 Å². The van der Waals surface area contributed by atoms with Crippen LogP contribution < -0.4 is 5.32 Å². The normalized spacial score (nSPS) is 22.0. The van der Waals surface area contributed by atoms with E-state index in [9.17, 15) is 14.4 Å². The highest BCUT2D eigenvalue weighted by atomic mass is 32.1. The van der Waals surface area contributed by atoms with Gasteiger partial charge in [-0.05, 0) is 39.0 Å². The summed E-state index contributed by atoms with van der Waals surface area (Å²) in [5.74, 6) is -0.0396. The van der Waals surface area contributed by atoms with E-state index in [2.05, 4.69) is 15.3 Å². The van der Waals surface area contributed by atoms with Gasteiger partial charge in [0.05, 0.1) is 28.3 Å². The van der Waals surface area contributed by atoms with Gasteiger partial charge in [0.25, 0.3) is 5.91 Å². The molecule has 2 fully saturated rings. The third-order valence-corrected chi connectivity index (χ3v) is 8.53. The maximum atomic E-state index is 13.4. The molecule has 0 unspecified atom stereocenters. The lowest BCUT2D eigenvalue weighted by Gasteiger charge is -2.40. The first-order valence-corrected chi connectivity index (χ1v) is 12.8. The van der Waals surface area contributed by atoms with Gasteiger partial charge in [-0.25, -0.2) is 14.8 Å². The Labute approximate surface area is 196 Å². The van der Waals surface area contributed by atoms with Gasteiger partial charge in [-0.2, -0.15) is 0 Å². The van der Waals surface area contributed by atoms with Gasteiger partial charge >= 0.3 is 6.03 Å². The van der Waals surface area contributed by atoms with Gasteiger partial charge in [-0.3, -0.25) is 14.5 Å². The first kappa shape index (κ1) is 22.8. The minimum Gasteiger partial charge on any atom is -0.342 e. The second kappa shape index (κ2) is 9.27. The number of imide groups is 1. The van der Waals surface area contributed by atoms with Crippen molar-refractivity contribution in [3.05, 3.63) is 32.2 Å². The Bertz CT molecular complexity index is 1010. The van der Waals surface area contributed by atoms with Crippen LogP contribution in [0.4, 0.5) is 4.79 Å². The molecule has 2 aliphatic heterocycles. The van der Waals surface area contributed by atoms with E-state index in [1.54, 1.807) is 28.2 Å². The molecule has 0 bridgehead atoms. The van der Waals surface area contributed by atoms with Crippen LogP contribution in [-0.4, -0.2) is 62.8 Å². The number of hydrogen-bond donors (Lipinski definition) is 1. The van der Waals surface area contributed by atoms with E-state index in [1.807, 2.05) is 31.1 Å². The summed E-state index contributed by atoms with van der Waals surface area (Å²) in [6, 6.07) is -0.309. The number of amides is 4. The van der Waals surface area contributed by atoms with E-state index in [0.717, 1.165) is 21.3 Å². The third kappa shape index (κ3) is 4.30. The molecule has 4 heterocycles. The molecule has 4 rings (SSSR count). The van der Waals surface area contributed by atoms with Gasteiger partial charge in [0, 0.05) is 36.3 Å². The van der Waals surface area contributed by atoms with Crippen molar-refractivity contribution in [3.63, 3.8) is 0 Å². The van der Waals surface area contributed by atoms with Crippen molar-refractivity contribution in [1.29, 1.82) is 0 Å². The Balaban J connectivity index is 1.37. The molecule has 0 saturated carbocycles. The van der Waals surface area contributed by atoms with Gasteiger partial charge in [0.2, 0.25) is 5.91 Å². The molecule has 1 atom stereocenters. The largest absolute Gasteiger partial charge is 0.342 e. The quantitative estimate of drug-likeness (QED) is 0.621. The van der Waals surface area contributed by atoms with Gasteiger partial charge in [-0.15, -0.1) is 22.7 Å². The second-order valence-corrected chi connectivity index (χ2v) is 10.5. The fraction of sp³-hybridized carbons (Fsp3) is 0.591. The molecule has 172 valence electrons. The molecule has 2 aromatic rings. The van der Waals surface area contributed by atoms with Crippen molar-refractivity contribution in [1.82, 2.24) is 25.1 Å². The molecule has 0 spiro atoms. The van der Waals surface area contributed by atoms with Gasteiger partial charge < -0.3 is 10.2 Å². The van der Waals surface area contributed by atoms with Crippen LogP contribution in [0, 0.1) is 19.8 Å². The molecule has 2 aliphatic rings. The first-order valence-electron chi connectivity index (χ1n) is 11.1. The SMILES string of the molecule is CC[C@@]1(C2CCN(C(=O)Cc3csc(C)n3)CC2)NC(=O)N(CCc2scnc2C)C1=O. The molecule has 0 radical (unpaired) electrons. The van der Waals surface area contributed by atoms with E-state index >= 15 is 0 Å². The summed E-state index contributed by atoms with van der Waals surface area (Å²) < 4.78 is 0. The molecular weight excluding hydrogens is 446 g/mol. The highest BCUT2D eigenvalue weighted by Crippen LogP contribution is 2.36. The maximum absolute atomic E-state index is 13.4. The lowest BCUT2D eigenvalue weighted by molar-refractivity contribution is -0.135. The average Bonchev–Trinajstić information content (AvgIpc) is 3.45. The van der Waals surface area contributed by atoms with Crippen molar-refractivity contribution >= 4 is 40.5 Å². The number of nitrogens with one attached hydrogen (secondary N) is 1. The molecular formula is C22H29N5O3S2. The number of carbonyl (C=O) groups is 3. The third-order valence-electron chi connectivity index (χ3n) is 6.71. The number of carbonyl (C=O) groups excluding carboxylic acids is 3. The average molecular weight is 476 g/mol. The fourth-order valence-electron chi connectivity index (χ4n) is 4.81. The Kier molecular flexibility index (Phi) is 6.62. The number of hydrogen-bond acceptors (Lipinski definition) is 7. The van der Waals surface area contributed by atoms with Gasteiger partial charge in [0.15, 0.2) is 0 Å². The molecule has 1 N–H and O–H groups in total. The Morgan fingerprint density at radius 1 is 1.25 bits per heavy atom. The van der Waals surface area contributed by atoms with Crippen molar-refractivity contribution in [2.75, 3.05) is 19.6 Å². The number of likely N-dealkylation sites (tertiary alicyclic amines) is 1. The smallest absolute Gasteiger partial charge is 0.325 e. The zero-order valence-electron chi connectivity index (χ0n) is 18.7. The number of nitrogens with zero attached hydrogens (tertiary/aromatic N) is 4. The van der Waals surface area contributed by atoms with Gasteiger partial charge in [0.1, 0.15) is 5.54 Å². The molecule has 0 aromatic carbocycles. The number of piperidine rings is 1. The van der Waals surface area contributed by atoms with Gasteiger partial charge in [-0.1, -0.05) is 6.92 Å². The minimum absolute atomic E-state index is 0.0182. The van der Waals surface area contributed by atoms with Crippen molar-refractivity contribution in [3.8, 4) is 0 Å². The van der Waals surface area contributed by atoms with Crippen LogP contribution in [0.2, 0.25) is 0 Å². The van der Waals surface area contributed by atoms with E-state index in [4.69, 9.17) is 0 Å². The summed E-state index contributed by atoms with van der Waals surface area (Å²) in [6.07, 6.45) is 2.88. The monoisotopic (exact) mass is 475 g/mol. The summed E-state index contributed by atoms with van der Waals surface area (Å²) in [5.41, 5.74) is 2.68. The molecule has 0 aliphatic carbocycles. The summed E-state index contributed by atoms with van der Waals surface area (Å²) in [4.78, 5) is 51.8. The van der Waals surface area contributed by atoms with Crippen LogP contribution in [0.25, 0.3) is 0 Å². The molecule has 2 saturated heterocycles. The standard InChI is InChI=1S/C22H29N5O3S2/c1-4-22(20(29)27(21(30)25-22)10-7-18-14(2)23-13-32-18)16-5-8-26(9-6-16)19(28)11-17-12-31-15(3)24-17/h12-13,16H,4-11H2,1-3H3,(H,25,30)/t22-/m0/s1. The molecule has 10 heteroatoms. The number of rotatable bonds is 7. The Morgan fingerprint density at radius 3 is 2.59 bits per heavy atom. The van der Waals surface area contributed by atoms with Crippen LogP contribution in [0.5, 0.6) is 0 Å². The zero-order chi connectivity index (χ0) is 22.9. The summed E-state index contributed by atoms with van der Waals surface area (Å²) in [6.45, 7) is 7.38. The first-order chi connectivity index (χ1) is 15.3. The minimum atomic E-state index is -0.874.